The highest BCUT2D eigenvalue weighted by atomic mass is 19.1. The van der Waals surface area contributed by atoms with Crippen molar-refractivity contribution >= 4 is 17.1 Å². The van der Waals surface area contributed by atoms with E-state index < -0.39 is 11.6 Å². The molecule has 0 radical (unpaired) electrons. The van der Waals surface area contributed by atoms with Crippen LogP contribution >= 0.6 is 0 Å². The fourth-order valence-corrected chi connectivity index (χ4v) is 4.06. The van der Waals surface area contributed by atoms with Crippen LogP contribution in [0.2, 0.25) is 0 Å². The first kappa shape index (κ1) is 23.2. The molecule has 0 spiro atoms. The predicted octanol–water partition coefficient (Wildman–Crippen LogP) is 3.64. The van der Waals surface area contributed by atoms with Crippen LogP contribution in [0.15, 0.2) is 48.7 Å². The van der Waals surface area contributed by atoms with E-state index >= 15 is 0 Å². The number of aromatic nitrogens is 2. The van der Waals surface area contributed by atoms with E-state index in [1.807, 2.05) is 12.1 Å². The Morgan fingerprint density at radius 3 is 2.91 bits per heavy atom. The number of hydrogen-bond acceptors (Lipinski definition) is 6. The summed E-state index contributed by atoms with van der Waals surface area (Å²) in [6.07, 6.45) is 7.47. The third-order valence-corrected chi connectivity index (χ3v) is 5.88. The van der Waals surface area contributed by atoms with Crippen LogP contribution in [0.5, 0.6) is 5.88 Å². The SMILES string of the molecule is COc1ccc2nccc(C[C@@H](N)[C@@H]3CC[C@@H](NC/C=C/c4cc(F)ccc4F)CO3)c2n1. The van der Waals surface area contributed by atoms with Crippen molar-refractivity contribution in [2.75, 3.05) is 20.3 Å². The smallest absolute Gasteiger partial charge is 0.213 e. The standard InChI is InChI=1S/C25H28F2N4O2/c1-32-24-9-7-22-25(31-24)17(10-12-30-22)14-21(28)23-8-5-19(15-33-23)29-11-2-3-16-13-18(26)4-6-20(16)27/h2-4,6-7,9-10,12-13,19,21,23,29H,5,8,11,14-15,28H2,1H3/b3-2+/t19-,21-,23+/m1/s1. The topological polar surface area (TPSA) is 82.3 Å². The Balaban J connectivity index is 1.27. The molecule has 33 heavy (non-hydrogen) atoms. The summed E-state index contributed by atoms with van der Waals surface area (Å²) in [5, 5.41) is 3.37. The number of benzene rings is 1. The van der Waals surface area contributed by atoms with E-state index in [9.17, 15) is 8.78 Å². The van der Waals surface area contributed by atoms with Gasteiger partial charge in [-0.3, -0.25) is 4.98 Å². The van der Waals surface area contributed by atoms with Gasteiger partial charge in [-0.15, -0.1) is 0 Å². The number of fused-ring (bicyclic) bond motifs is 1. The van der Waals surface area contributed by atoms with E-state index in [1.165, 1.54) is 6.07 Å². The third kappa shape index (κ3) is 5.90. The molecule has 3 atom stereocenters. The van der Waals surface area contributed by atoms with Gasteiger partial charge in [0.15, 0.2) is 0 Å². The van der Waals surface area contributed by atoms with Crippen LogP contribution in [0.4, 0.5) is 8.78 Å². The minimum Gasteiger partial charge on any atom is -0.481 e. The Labute approximate surface area is 191 Å². The van der Waals surface area contributed by atoms with E-state index in [2.05, 4.69) is 15.3 Å². The van der Waals surface area contributed by atoms with Crippen LogP contribution in [0.1, 0.15) is 24.0 Å². The number of nitrogens with one attached hydrogen (secondary N) is 1. The van der Waals surface area contributed by atoms with Gasteiger partial charge in [-0.2, -0.15) is 0 Å². The van der Waals surface area contributed by atoms with Gasteiger partial charge < -0.3 is 20.5 Å². The fourth-order valence-electron chi connectivity index (χ4n) is 4.06. The maximum Gasteiger partial charge on any atom is 0.213 e. The molecule has 1 saturated heterocycles. The largest absolute Gasteiger partial charge is 0.481 e. The second kappa shape index (κ2) is 10.8. The zero-order valence-corrected chi connectivity index (χ0v) is 18.5. The molecule has 6 nitrogen and oxygen atoms in total. The first-order chi connectivity index (χ1) is 16.0. The zero-order valence-electron chi connectivity index (χ0n) is 18.5. The van der Waals surface area contributed by atoms with Crippen molar-refractivity contribution in [3.8, 4) is 5.88 Å². The molecule has 0 amide bonds. The lowest BCUT2D eigenvalue weighted by Gasteiger charge is -2.33. The number of hydrogen-bond donors (Lipinski definition) is 2. The van der Waals surface area contributed by atoms with E-state index in [0.29, 0.717) is 25.5 Å². The number of nitrogens with zero attached hydrogens (tertiary/aromatic N) is 2. The number of nitrogens with two attached hydrogens (primary N) is 1. The van der Waals surface area contributed by atoms with Crippen molar-refractivity contribution in [1.29, 1.82) is 0 Å². The molecule has 0 unspecified atom stereocenters. The minimum atomic E-state index is -0.457. The van der Waals surface area contributed by atoms with Crippen molar-refractivity contribution < 1.29 is 18.3 Å². The van der Waals surface area contributed by atoms with Crippen LogP contribution in [0.25, 0.3) is 17.1 Å². The second-order valence-corrected chi connectivity index (χ2v) is 8.18. The highest BCUT2D eigenvalue weighted by Gasteiger charge is 2.26. The summed E-state index contributed by atoms with van der Waals surface area (Å²) in [4.78, 5) is 8.90. The van der Waals surface area contributed by atoms with E-state index in [0.717, 1.165) is 41.6 Å². The number of ether oxygens (including phenoxy) is 2. The first-order valence-corrected chi connectivity index (χ1v) is 11.0. The molecule has 3 N–H and O–H groups in total. The number of pyridine rings is 2. The monoisotopic (exact) mass is 454 g/mol. The average Bonchev–Trinajstić information content (AvgIpc) is 2.84. The highest BCUT2D eigenvalue weighted by Crippen LogP contribution is 2.23. The van der Waals surface area contributed by atoms with Crippen LogP contribution < -0.4 is 15.8 Å². The Bertz CT molecular complexity index is 1120. The Kier molecular flexibility index (Phi) is 7.59. The van der Waals surface area contributed by atoms with E-state index in [4.69, 9.17) is 15.2 Å². The molecule has 1 aromatic carbocycles. The molecule has 174 valence electrons. The highest BCUT2D eigenvalue weighted by molar-refractivity contribution is 5.78. The molecule has 1 fully saturated rings. The van der Waals surface area contributed by atoms with Crippen molar-refractivity contribution in [2.45, 2.75) is 37.5 Å². The van der Waals surface area contributed by atoms with Gasteiger partial charge in [-0.1, -0.05) is 12.2 Å². The Morgan fingerprint density at radius 1 is 1.24 bits per heavy atom. The summed E-state index contributed by atoms with van der Waals surface area (Å²) >= 11 is 0. The van der Waals surface area contributed by atoms with Gasteiger partial charge in [-0.25, -0.2) is 13.8 Å². The van der Waals surface area contributed by atoms with Crippen molar-refractivity contribution in [3.63, 3.8) is 0 Å². The minimum absolute atomic E-state index is 0.0474. The lowest BCUT2D eigenvalue weighted by molar-refractivity contribution is -0.0156. The average molecular weight is 455 g/mol. The number of rotatable bonds is 8. The number of halogens is 2. The van der Waals surface area contributed by atoms with Gasteiger partial charge in [0.1, 0.15) is 11.6 Å². The molecule has 0 bridgehead atoms. The molecular weight excluding hydrogens is 426 g/mol. The normalized spacial score (nSPS) is 19.8. The summed E-state index contributed by atoms with van der Waals surface area (Å²) in [6, 6.07) is 9.05. The van der Waals surface area contributed by atoms with Gasteiger partial charge in [0, 0.05) is 36.5 Å². The van der Waals surface area contributed by atoms with Crippen molar-refractivity contribution in [3.05, 3.63) is 71.4 Å². The summed E-state index contributed by atoms with van der Waals surface area (Å²) in [5.74, 6) is -0.356. The van der Waals surface area contributed by atoms with E-state index in [1.54, 1.807) is 31.5 Å². The van der Waals surface area contributed by atoms with Crippen LogP contribution in [0, 0.1) is 11.6 Å². The molecular formula is C25H28F2N4O2. The molecule has 0 aliphatic carbocycles. The molecule has 8 heteroatoms. The van der Waals surface area contributed by atoms with Gasteiger partial charge in [0.05, 0.1) is 30.9 Å². The molecule has 3 heterocycles. The van der Waals surface area contributed by atoms with Gasteiger partial charge in [0.2, 0.25) is 5.88 Å². The lowest BCUT2D eigenvalue weighted by atomic mass is 9.95. The second-order valence-electron chi connectivity index (χ2n) is 8.18. The molecule has 3 aromatic rings. The summed E-state index contributed by atoms with van der Waals surface area (Å²) in [7, 11) is 1.59. The molecule has 2 aromatic heterocycles. The molecule has 0 saturated carbocycles. The van der Waals surface area contributed by atoms with Gasteiger partial charge in [0.25, 0.3) is 0 Å². The fraction of sp³-hybridized carbons (Fsp3) is 0.360. The number of methoxy groups -OCH3 is 1. The Morgan fingerprint density at radius 2 is 2.12 bits per heavy atom. The summed E-state index contributed by atoms with van der Waals surface area (Å²) < 4.78 is 38.2. The third-order valence-electron chi connectivity index (χ3n) is 5.88. The summed E-state index contributed by atoms with van der Waals surface area (Å²) in [5.41, 5.74) is 9.35. The first-order valence-electron chi connectivity index (χ1n) is 11.0. The van der Waals surface area contributed by atoms with Crippen molar-refractivity contribution in [2.24, 2.45) is 5.73 Å². The molecule has 1 aliphatic rings. The van der Waals surface area contributed by atoms with Crippen LogP contribution in [-0.2, 0) is 11.2 Å². The Hall–Kier alpha value is -2.94. The van der Waals surface area contributed by atoms with E-state index in [-0.39, 0.29) is 23.8 Å². The predicted molar refractivity (Wildman–Crippen MR) is 124 cm³/mol. The summed E-state index contributed by atoms with van der Waals surface area (Å²) in [6.45, 7) is 1.08. The molecule has 4 rings (SSSR count). The van der Waals surface area contributed by atoms with Crippen LogP contribution in [-0.4, -0.2) is 48.4 Å². The zero-order chi connectivity index (χ0) is 23.2. The lowest BCUT2D eigenvalue weighted by Crippen LogP contribution is -2.47. The van der Waals surface area contributed by atoms with Crippen molar-refractivity contribution in [1.82, 2.24) is 15.3 Å². The quantitative estimate of drug-likeness (QED) is 0.541. The van der Waals surface area contributed by atoms with Gasteiger partial charge in [-0.05, 0) is 55.2 Å². The van der Waals surface area contributed by atoms with Crippen LogP contribution in [0.3, 0.4) is 0 Å². The maximum absolute atomic E-state index is 13.7. The maximum atomic E-state index is 13.7. The molecule has 1 aliphatic heterocycles. The van der Waals surface area contributed by atoms with Gasteiger partial charge >= 0.3 is 0 Å².